The minimum atomic E-state index is -1.00. The van der Waals surface area contributed by atoms with Crippen molar-refractivity contribution < 1.29 is 0 Å². The molecule has 1 aromatic carbocycles. The molecule has 0 saturated heterocycles. The second-order valence-electron chi connectivity index (χ2n) is 2.38. The average Bonchev–Trinajstić information content (AvgIpc) is 2.06. The molecule has 1 nitrogen and oxygen atoms in total. The van der Waals surface area contributed by atoms with Crippen molar-refractivity contribution in [3.05, 3.63) is 35.9 Å². The molecule has 0 aliphatic rings. The summed E-state index contributed by atoms with van der Waals surface area (Å²) in [6.45, 7) is 0. The Hall–Kier alpha value is -0.530. The molecule has 0 radical (unpaired) electrons. The van der Waals surface area contributed by atoms with E-state index in [4.69, 9.17) is 23.2 Å². The second-order valence-corrected chi connectivity index (χ2v) is 3.76. The van der Waals surface area contributed by atoms with E-state index in [-0.39, 0.29) is 0 Å². The van der Waals surface area contributed by atoms with Gasteiger partial charge < -0.3 is 0 Å². The molecule has 0 atom stereocenters. The monoisotopic (exact) mass is 201 g/mol. The van der Waals surface area contributed by atoms with Crippen molar-refractivity contribution >= 4 is 29.4 Å². The number of hydrogen-bond donors (Lipinski definition) is 0. The van der Waals surface area contributed by atoms with Crippen LogP contribution in [-0.4, -0.2) is 13.3 Å². The maximum absolute atomic E-state index is 5.98. The Balaban J connectivity index is 2.97. The molecule has 64 valence electrons. The maximum atomic E-state index is 5.98. The van der Waals surface area contributed by atoms with E-state index in [1.54, 1.807) is 7.05 Å². The fourth-order valence-electron chi connectivity index (χ4n) is 0.897. The molecule has 0 heterocycles. The van der Waals surface area contributed by atoms with Crippen LogP contribution in [0.2, 0.25) is 0 Å². The first-order valence-corrected chi connectivity index (χ1v) is 4.29. The van der Waals surface area contributed by atoms with Crippen molar-refractivity contribution in [2.45, 2.75) is 4.33 Å². The van der Waals surface area contributed by atoms with Crippen LogP contribution >= 0.6 is 23.2 Å². The lowest BCUT2D eigenvalue weighted by atomic mass is 10.1. The number of hydrogen-bond acceptors (Lipinski definition) is 1. The number of halogens is 2. The predicted octanol–water partition coefficient (Wildman–Crippen LogP) is 3.02. The van der Waals surface area contributed by atoms with Crippen LogP contribution in [0.5, 0.6) is 0 Å². The minimum absolute atomic E-state index is 0.832. The second kappa shape index (κ2) is 3.92. The van der Waals surface area contributed by atoms with Gasteiger partial charge in [-0.25, -0.2) is 0 Å². The van der Waals surface area contributed by atoms with Gasteiger partial charge in [-0.1, -0.05) is 53.5 Å². The molecule has 0 N–H and O–H groups in total. The summed E-state index contributed by atoms with van der Waals surface area (Å²) in [6.07, 6.45) is 1.51. The fraction of sp³-hybridized carbons (Fsp3) is 0.222. The standard InChI is InChI=1S/C9H9Cl2N/c1-12-7-9(10,11)8-5-3-2-4-6-8/h2-7H,1H3. The third-order valence-electron chi connectivity index (χ3n) is 1.45. The van der Waals surface area contributed by atoms with Crippen LogP contribution in [0, 0.1) is 0 Å². The van der Waals surface area contributed by atoms with E-state index in [0.717, 1.165) is 5.56 Å². The van der Waals surface area contributed by atoms with E-state index < -0.39 is 4.33 Å². The molecular weight excluding hydrogens is 193 g/mol. The van der Waals surface area contributed by atoms with Crippen molar-refractivity contribution in [3.8, 4) is 0 Å². The van der Waals surface area contributed by atoms with E-state index in [0.29, 0.717) is 0 Å². The summed E-state index contributed by atoms with van der Waals surface area (Å²) in [7, 11) is 1.64. The highest BCUT2D eigenvalue weighted by Crippen LogP contribution is 2.31. The highest BCUT2D eigenvalue weighted by Gasteiger charge is 2.22. The number of nitrogens with zero attached hydrogens (tertiary/aromatic N) is 1. The van der Waals surface area contributed by atoms with Gasteiger partial charge in [0.25, 0.3) is 0 Å². The SMILES string of the molecule is CN=CC(Cl)(Cl)c1ccccc1. The number of aliphatic imine (C=N–C) groups is 1. The minimum Gasteiger partial charge on any atom is -0.297 e. The molecule has 0 aliphatic carbocycles. The smallest absolute Gasteiger partial charge is 0.177 e. The largest absolute Gasteiger partial charge is 0.297 e. The number of benzene rings is 1. The first-order valence-electron chi connectivity index (χ1n) is 3.53. The van der Waals surface area contributed by atoms with Gasteiger partial charge in [0.05, 0.1) is 0 Å². The Kier molecular flexibility index (Phi) is 3.12. The van der Waals surface area contributed by atoms with Crippen LogP contribution in [0.1, 0.15) is 5.56 Å². The van der Waals surface area contributed by atoms with Crippen molar-refractivity contribution in [1.29, 1.82) is 0 Å². The van der Waals surface area contributed by atoms with Crippen LogP contribution in [0.4, 0.5) is 0 Å². The Morgan fingerprint density at radius 2 is 1.83 bits per heavy atom. The third-order valence-corrected chi connectivity index (χ3v) is 2.08. The maximum Gasteiger partial charge on any atom is 0.177 e. The molecule has 0 fully saturated rings. The highest BCUT2D eigenvalue weighted by atomic mass is 35.5. The van der Waals surface area contributed by atoms with Gasteiger partial charge in [0, 0.05) is 13.3 Å². The number of rotatable bonds is 2. The molecule has 0 bridgehead atoms. The van der Waals surface area contributed by atoms with Crippen LogP contribution in [0.25, 0.3) is 0 Å². The van der Waals surface area contributed by atoms with E-state index >= 15 is 0 Å². The molecule has 3 heteroatoms. The molecule has 0 amide bonds. The zero-order chi connectivity index (χ0) is 9.03. The summed E-state index contributed by atoms with van der Waals surface area (Å²) in [5, 5.41) is 0. The molecule has 1 rings (SSSR count). The first-order chi connectivity index (χ1) is 5.67. The lowest BCUT2D eigenvalue weighted by Crippen LogP contribution is -2.11. The van der Waals surface area contributed by atoms with Crippen molar-refractivity contribution in [2.75, 3.05) is 7.05 Å². The van der Waals surface area contributed by atoms with Crippen molar-refractivity contribution in [2.24, 2.45) is 4.99 Å². The molecule has 1 aromatic rings. The lowest BCUT2D eigenvalue weighted by Gasteiger charge is -2.13. The predicted molar refractivity (Wildman–Crippen MR) is 54.2 cm³/mol. The lowest BCUT2D eigenvalue weighted by molar-refractivity contribution is 1.18. The van der Waals surface area contributed by atoms with Gasteiger partial charge in [-0.3, -0.25) is 4.99 Å². The quantitative estimate of drug-likeness (QED) is 0.516. The highest BCUT2D eigenvalue weighted by molar-refractivity contribution is 6.55. The van der Waals surface area contributed by atoms with E-state index in [9.17, 15) is 0 Å². The third kappa shape index (κ3) is 2.23. The topological polar surface area (TPSA) is 12.4 Å². The Morgan fingerprint density at radius 1 is 1.25 bits per heavy atom. The van der Waals surface area contributed by atoms with Gasteiger partial charge in [-0.2, -0.15) is 0 Å². The van der Waals surface area contributed by atoms with Crippen LogP contribution in [0.15, 0.2) is 35.3 Å². The van der Waals surface area contributed by atoms with Crippen LogP contribution < -0.4 is 0 Å². The van der Waals surface area contributed by atoms with Gasteiger partial charge in [-0.05, 0) is 5.56 Å². The Labute approximate surface area is 82.0 Å². The van der Waals surface area contributed by atoms with E-state index in [2.05, 4.69) is 4.99 Å². The molecule has 0 aromatic heterocycles. The van der Waals surface area contributed by atoms with Gasteiger partial charge >= 0.3 is 0 Å². The summed E-state index contributed by atoms with van der Waals surface area (Å²) in [6, 6.07) is 9.41. The van der Waals surface area contributed by atoms with E-state index in [1.807, 2.05) is 30.3 Å². The van der Waals surface area contributed by atoms with Gasteiger partial charge in [0.2, 0.25) is 0 Å². The van der Waals surface area contributed by atoms with E-state index in [1.165, 1.54) is 6.21 Å². The Morgan fingerprint density at radius 3 is 2.33 bits per heavy atom. The molecule has 0 unspecified atom stereocenters. The molecule has 0 aliphatic heterocycles. The van der Waals surface area contributed by atoms with Gasteiger partial charge in [0.1, 0.15) is 0 Å². The fourth-order valence-corrected chi connectivity index (χ4v) is 1.34. The van der Waals surface area contributed by atoms with Crippen molar-refractivity contribution in [1.82, 2.24) is 0 Å². The Bertz CT molecular complexity index is 267. The summed E-state index contributed by atoms with van der Waals surface area (Å²) >= 11 is 12.0. The van der Waals surface area contributed by atoms with Crippen LogP contribution in [-0.2, 0) is 4.33 Å². The summed E-state index contributed by atoms with van der Waals surface area (Å²) < 4.78 is -1.00. The molecule has 0 saturated carbocycles. The normalized spacial score (nSPS) is 12.2. The molecule has 12 heavy (non-hydrogen) atoms. The number of alkyl halides is 2. The van der Waals surface area contributed by atoms with Gasteiger partial charge in [0.15, 0.2) is 4.33 Å². The zero-order valence-electron chi connectivity index (χ0n) is 6.67. The van der Waals surface area contributed by atoms with Gasteiger partial charge in [-0.15, -0.1) is 0 Å². The van der Waals surface area contributed by atoms with Crippen molar-refractivity contribution in [3.63, 3.8) is 0 Å². The zero-order valence-corrected chi connectivity index (χ0v) is 8.18. The molecule has 0 spiro atoms. The van der Waals surface area contributed by atoms with Crippen LogP contribution in [0.3, 0.4) is 0 Å². The average molecular weight is 202 g/mol. The molecular formula is C9H9Cl2N. The summed E-state index contributed by atoms with van der Waals surface area (Å²) in [5.41, 5.74) is 0.832. The summed E-state index contributed by atoms with van der Waals surface area (Å²) in [4.78, 5) is 3.79. The first kappa shape index (κ1) is 9.56. The summed E-state index contributed by atoms with van der Waals surface area (Å²) in [5.74, 6) is 0.